The number of hydrogen-bond donors (Lipinski definition) is 3. The molecular formula is C19H22Cl2N2O4. The van der Waals surface area contributed by atoms with Crippen LogP contribution < -0.4 is 15.4 Å². The number of carbonyl (C=O) groups excluding carboxylic acids is 1. The minimum Gasteiger partial charge on any atom is -0.480 e. The molecule has 0 fully saturated rings. The number of para-hydroxylation sites is 1. The van der Waals surface area contributed by atoms with Gasteiger partial charge in [0.1, 0.15) is 17.5 Å². The largest absolute Gasteiger partial charge is 0.480 e. The first-order chi connectivity index (χ1) is 12.5. The summed E-state index contributed by atoms with van der Waals surface area (Å²) >= 11 is 6.05. The van der Waals surface area contributed by atoms with E-state index in [1.165, 1.54) is 0 Å². The summed E-state index contributed by atoms with van der Waals surface area (Å²) in [5.41, 5.74) is 0.589. The van der Waals surface area contributed by atoms with Gasteiger partial charge in [-0.05, 0) is 42.8 Å². The summed E-state index contributed by atoms with van der Waals surface area (Å²) in [6.07, 6.45) is 1.19. The highest BCUT2D eigenvalue weighted by Gasteiger charge is 2.16. The maximum absolute atomic E-state index is 11.9. The molecule has 8 heteroatoms. The summed E-state index contributed by atoms with van der Waals surface area (Å²) < 4.78 is 5.68. The Kier molecular flexibility index (Phi) is 9.64. The zero-order chi connectivity index (χ0) is 18.9. The summed E-state index contributed by atoms with van der Waals surface area (Å²) in [5.74, 6) is -0.137. The summed E-state index contributed by atoms with van der Waals surface area (Å²) in [6, 6.07) is 13.2. The molecule has 0 bridgehead atoms. The number of anilines is 1. The Morgan fingerprint density at radius 3 is 2.41 bits per heavy atom. The second kappa shape index (κ2) is 11.4. The fourth-order valence-corrected chi connectivity index (χ4v) is 2.46. The Hall–Kier alpha value is -2.28. The number of halogens is 2. The third kappa shape index (κ3) is 7.46. The first kappa shape index (κ1) is 22.8. The third-order valence-electron chi connectivity index (χ3n) is 3.59. The molecule has 0 radical (unpaired) electrons. The zero-order valence-corrected chi connectivity index (χ0v) is 16.3. The average molecular weight is 413 g/mol. The molecule has 1 atom stereocenters. The lowest BCUT2D eigenvalue weighted by molar-refractivity contribution is -0.139. The van der Waals surface area contributed by atoms with E-state index in [4.69, 9.17) is 21.4 Å². The number of nitrogens with one attached hydrogen (secondary N) is 2. The van der Waals surface area contributed by atoms with Gasteiger partial charge in [-0.3, -0.25) is 14.9 Å². The predicted molar refractivity (Wildman–Crippen MR) is 108 cm³/mol. The molecule has 6 nitrogen and oxygen atoms in total. The fraction of sp³-hybridized carbons (Fsp3) is 0.263. The molecule has 0 saturated heterocycles. The van der Waals surface area contributed by atoms with E-state index in [1.807, 2.05) is 19.1 Å². The van der Waals surface area contributed by atoms with Crippen LogP contribution in [0.2, 0.25) is 5.02 Å². The van der Waals surface area contributed by atoms with Crippen molar-refractivity contribution in [1.82, 2.24) is 5.32 Å². The van der Waals surface area contributed by atoms with Crippen LogP contribution in [0.25, 0.3) is 0 Å². The van der Waals surface area contributed by atoms with Crippen LogP contribution in [0.15, 0.2) is 48.5 Å². The molecule has 0 aliphatic heterocycles. The number of ether oxygens (including phenoxy) is 1. The van der Waals surface area contributed by atoms with Crippen LogP contribution in [0.1, 0.15) is 19.8 Å². The van der Waals surface area contributed by atoms with Crippen molar-refractivity contribution in [3.63, 3.8) is 0 Å². The number of aliphatic carboxylic acids is 1. The Balaban J connectivity index is 0.00000364. The normalized spacial score (nSPS) is 11.2. The number of carbonyl (C=O) groups is 2. The van der Waals surface area contributed by atoms with Crippen LogP contribution in [0.3, 0.4) is 0 Å². The lowest BCUT2D eigenvalue weighted by Crippen LogP contribution is -2.41. The van der Waals surface area contributed by atoms with Crippen molar-refractivity contribution in [2.24, 2.45) is 0 Å². The SMILES string of the molecule is CCCC(NCC(=O)Nc1ccc(Oc2ccccc2Cl)cc1)C(=O)O.Cl. The van der Waals surface area contributed by atoms with Crippen molar-refractivity contribution in [1.29, 1.82) is 0 Å². The molecule has 0 aromatic heterocycles. The van der Waals surface area contributed by atoms with E-state index in [-0.39, 0.29) is 24.9 Å². The van der Waals surface area contributed by atoms with Gasteiger partial charge in [-0.25, -0.2) is 0 Å². The molecule has 0 saturated carbocycles. The quantitative estimate of drug-likeness (QED) is 0.570. The maximum atomic E-state index is 11.9. The van der Waals surface area contributed by atoms with Gasteiger partial charge < -0.3 is 15.2 Å². The van der Waals surface area contributed by atoms with Gasteiger partial charge in [0, 0.05) is 5.69 Å². The van der Waals surface area contributed by atoms with Crippen LogP contribution >= 0.6 is 24.0 Å². The Morgan fingerprint density at radius 2 is 1.81 bits per heavy atom. The molecule has 0 spiro atoms. The Labute approximate surface area is 169 Å². The first-order valence-corrected chi connectivity index (χ1v) is 8.66. The highest BCUT2D eigenvalue weighted by Crippen LogP contribution is 2.29. The molecule has 0 aliphatic carbocycles. The zero-order valence-electron chi connectivity index (χ0n) is 14.8. The van der Waals surface area contributed by atoms with Crippen molar-refractivity contribution < 1.29 is 19.4 Å². The standard InChI is InChI=1S/C19H21ClN2O4.ClH/c1-2-5-16(19(24)25)21-12-18(23)22-13-8-10-14(11-9-13)26-17-7-4-3-6-15(17)20;/h3-4,6-11,16,21H,2,5,12H2,1H3,(H,22,23)(H,24,25);1H. The van der Waals surface area contributed by atoms with Crippen molar-refractivity contribution >= 4 is 41.6 Å². The van der Waals surface area contributed by atoms with E-state index in [2.05, 4.69) is 10.6 Å². The smallest absolute Gasteiger partial charge is 0.320 e. The molecule has 2 rings (SSSR count). The van der Waals surface area contributed by atoms with Crippen LogP contribution in [-0.2, 0) is 9.59 Å². The molecule has 0 heterocycles. The van der Waals surface area contributed by atoms with Crippen molar-refractivity contribution in [2.75, 3.05) is 11.9 Å². The van der Waals surface area contributed by atoms with Gasteiger partial charge in [-0.2, -0.15) is 0 Å². The molecule has 0 aliphatic rings. The number of carboxylic acid groups (broad SMARTS) is 1. The van der Waals surface area contributed by atoms with E-state index in [1.54, 1.807) is 36.4 Å². The van der Waals surface area contributed by atoms with Gasteiger partial charge in [0.15, 0.2) is 0 Å². The van der Waals surface area contributed by atoms with Gasteiger partial charge in [0.05, 0.1) is 11.6 Å². The molecule has 1 amide bonds. The van der Waals surface area contributed by atoms with Crippen LogP contribution in [-0.4, -0.2) is 29.6 Å². The summed E-state index contributed by atoms with van der Waals surface area (Å²) in [5, 5.41) is 15.0. The van der Waals surface area contributed by atoms with Crippen molar-refractivity contribution in [2.45, 2.75) is 25.8 Å². The van der Waals surface area contributed by atoms with Crippen molar-refractivity contribution in [3.8, 4) is 11.5 Å². The predicted octanol–water partition coefficient (Wildman–Crippen LogP) is 4.34. The maximum Gasteiger partial charge on any atom is 0.320 e. The number of hydrogen-bond acceptors (Lipinski definition) is 4. The molecule has 146 valence electrons. The van der Waals surface area contributed by atoms with E-state index >= 15 is 0 Å². The van der Waals surface area contributed by atoms with E-state index < -0.39 is 12.0 Å². The lowest BCUT2D eigenvalue weighted by atomic mass is 10.2. The number of amides is 1. The Morgan fingerprint density at radius 1 is 1.15 bits per heavy atom. The highest BCUT2D eigenvalue weighted by atomic mass is 35.5. The van der Waals surface area contributed by atoms with Gasteiger partial charge in [-0.15, -0.1) is 12.4 Å². The third-order valence-corrected chi connectivity index (χ3v) is 3.90. The molecule has 3 N–H and O–H groups in total. The topological polar surface area (TPSA) is 87.7 Å². The van der Waals surface area contributed by atoms with E-state index in [0.29, 0.717) is 28.6 Å². The second-order valence-corrected chi connectivity index (χ2v) is 6.07. The van der Waals surface area contributed by atoms with E-state index in [9.17, 15) is 9.59 Å². The van der Waals surface area contributed by atoms with Gasteiger partial charge >= 0.3 is 5.97 Å². The van der Waals surface area contributed by atoms with Gasteiger partial charge in [0.2, 0.25) is 5.91 Å². The average Bonchev–Trinajstić information content (AvgIpc) is 2.62. The number of carboxylic acids is 1. The van der Waals surface area contributed by atoms with Crippen LogP contribution in [0.5, 0.6) is 11.5 Å². The van der Waals surface area contributed by atoms with Gasteiger partial charge in [-0.1, -0.05) is 37.1 Å². The Bertz CT molecular complexity index is 754. The lowest BCUT2D eigenvalue weighted by Gasteiger charge is -2.13. The summed E-state index contributed by atoms with van der Waals surface area (Å²) in [7, 11) is 0. The molecule has 2 aromatic carbocycles. The van der Waals surface area contributed by atoms with E-state index in [0.717, 1.165) is 6.42 Å². The minimum atomic E-state index is -0.958. The first-order valence-electron chi connectivity index (χ1n) is 8.28. The molecule has 1 unspecified atom stereocenters. The van der Waals surface area contributed by atoms with Crippen molar-refractivity contribution in [3.05, 3.63) is 53.6 Å². The van der Waals surface area contributed by atoms with Crippen LogP contribution in [0.4, 0.5) is 5.69 Å². The fourth-order valence-electron chi connectivity index (χ4n) is 2.28. The molecule has 27 heavy (non-hydrogen) atoms. The van der Waals surface area contributed by atoms with Crippen LogP contribution in [0, 0.1) is 0 Å². The molecule has 2 aromatic rings. The molecular weight excluding hydrogens is 391 g/mol. The van der Waals surface area contributed by atoms with Gasteiger partial charge in [0.25, 0.3) is 0 Å². The monoisotopic (exact) mass is 412 g/mol. The highest BCUT2D eigenvalue weighted by molar-refractivity contribution is 6.32. The second-order valence-electron chi connectivity index (χ2n) is 5.67. The number of benzene rings is 2. The number of rotatable bonds is 9. The summed E-state index contributed by atoms with van der Waals surface area (Å²) in [6.45, 7) is 1.82. The minimum absolute atomic E-state index is 0. The summed E-state index contributed by atoms with van der Waals surface area (Å²) in [4.78, 5) is 23.0.